The minimum absolute atomic E-state index is 0.126. The van der Waals surface area contributed by atoms with Crippen LogP contribution in [-0.2, 0) is 14.4 Å². The maximum absolute atomic E-state index is 14.1. The monoisotopic (exact) mass is 988 g/mol. The second-order valence-corrected chi connectivity index (χ2v) is 38.7. The Morgan fingerprint density at radius 1 is 0.409 bits per heavy atom. The smallest absolute Gasteiger partial charge is 0.225 e. The average Bonchev–Trinajstić information content (AvgIpc) is 3.20. The maximum atomic E-state index is 14.1. The topological polar surface area (TPSA) is 90.5 Å². The van der Waals surface area contributed by atoms with Crippen LogP contribution in [-0.4, -0.2) is 133 Å². The highest BCUT2D eigenvalue weighted by Crippen LogP contribution is 2.73. The lowest BCUT2D eigenvalue weighted by Gasteiger charge is -2.44. The minimum Gasteiger partial charge on any atom is -0.354 e. The van der Waals surface area contributed by atoms with Crippen molar-refractivity contribution in [2.45, 2.75) is 231 Å². The fraction of sp³-hybridized carbons (Fsp3) is 0.946. The lowest BCUT2D eigenvalue weighted by Crippen LogP contribution is -2.48. The highest BCUT2D eigenvalue weighted by atomic mass is 31.2. The minimum atomic E-state index is -1.25. The van der Waals surface area contributed by atoms with Crippen molar-refractivity contribution in [2.75, 3.05) is 94.7 Å². The van der Waals surface area contributed by atoms with Crippen molar-refractivity contribution >= 4 is 39.5 Å². The third kappa shape index (κ3) is 19.7. The Bertz CT molecular complexity index is 1260. The second kappa shape index (κ2) is 30.5. The van der Waals surface area contributed by atoms with Gasteiger partial charge in [-0.05, 0) is 112 Å². The summed E-state index contributed by atoms with van der Waals surface area (Å²) < 4.78 is 0. The van der Waals surface area contributed by atoms with Gasteiger partial charge in [0, 0.05) is 77.3 Å². The van der Waals surface area contributed by atoms with Crippen molar-refractivity contribution in [3.63, 3.8) is 0 Å². The first-order valence-corrected chi connectivity index (χ1v) is 34.9. The number of hydrogen-bond acceptors (Lipinski definition) is 4. The quantitative estimate of drug-likeness (QED) is 0.0535. The zero-order chi connectivity index (χ0) is 51.1. The summed E-state index contributed by atoms with van der Waals surface area (Å²) in [7, 11) is -3.65. The third-order valence-electron chi connectivity index (χ3n) is 16.0. The van der Waals surface area contributed by atoms with Crippen molar-refractivity contribution in [3.05, 3.63) is 0 Å². The number of amides is 3. The molecule has 0 aliphatic rings. The molecule has 0 aromatic rings. The summed E-state index contributed by atoms with van der Waals surface area (Å²) in [5, 5.41) is 10.4. The largest absolute Gasteiger partial charge is 0.354 e. The standard InChI is InChI=1S/C56H115N4O3P3/c1-21-36-64(37-22-2,38-23-3)48(10)45-52(11,12)49(61)57-30-33-60(34-31-58-50(62)53(13,14)46-55(17,18)65(39-24-4,40-25-5)41-26-6)35-32-59-51(63)54(15,16)47-56(19,20)66(42-27-7,43-28-8)44-29-9/h48H,21-47H2,1-20H3/p+3. The summed E-state index contributed by atoms with van der Waals surface area (Å²) in [5.74, 6) is 0.385. The van der Waals surface area contributed by atoms with Crippen LogP contribution in [0.25, 0.3) is 0 Å². The molecular formula is C56H118N4O3P3+3. The van der Waals surface area contributed by atoms with Gasteiger partial charge in [-0.25, -0.2) is 0 Å². The molecule has 1 unspecified atom stereocenters. The van der Waals surface area contributed by atoms with E-state index in [2.05, 4.69) is 159 Å². The van der Waals surface area contributed by atoms with E-state index in [1.54, 1.807) is 0 Å². The van der Waals surface area contributed by atoms with Crippen LogP contribution in [0.3, 0.4) is 0 Å². The Balaban J connectivity index is 6.29. The zero-order valence-electron chi connectivity index (χ0n) is 48.2. The summed E-state index contributed by atoms with van der Waals surface area (Å²) >= 11 is 0. The van der Waals surface area contributed by atoms with Gasteiger partial charge in [-0.15, -0.1) is 0 Å². The molecule has 392 valence electrons. The third-order valence-corrected chi connectivity index (χ3v) is 35.3. The van der Waals surface area contributed by atoms with Gasteiger partial charge in [-0.2, -0.15) is 0 Å². The number of rotatable bonds is 39. The number of nitrogens with zero attached hydrogens (tertiary/aromatic N) is 1. The molecule has 7 nitrogen and oxygen atoms in total. The lowest BCUT2D eigenvalue weighted by atomic mass is 9.82. The lowest BCUT2D eigenvalue weighted by molar-refractivity contribution is -0.130. The predicted molar refractivity (Wildman–Crippen MR) is 305 cm³/mol. The molecule has 0 fully saturated rings. The highest BCUT2D eigenvalue weighted by molar-refractivity contribution is 7.77. The number of nitrogens with one attached hydrogen (secondary N) is 3. The molecule has 3 amide bonds. The number of hydrogen-bond donors (Lipinski definition) is 3. The van der Waals surface area contributed by atoms with E-state index in [1.807, 2.05) is 0 Å². The van der Waals surface area contributed by atoms with Gasteiger partial charge in [-0.3, -0.25) is 19.3 Å². The summed E-state index contributed by atoms with van der Waals surface area (Å²) in [5.41, 5.74) is -0.870. The Kier molecular flexibility index (Phi) is 30.4. The molecule has 0 bridgehead atoms. The Morgan fingerprint density at radius 2 is 0.652 bits per heavy atom. The molecule has 0 rings (SSSR count). The Hall–Kier alpha value is -0.340. The number of carbonyl (C=O) groups excluding carboxylic acids is 3. The molecule has 0 aromatic heterocycles. The molecule has 0 aromatic carbocycles. The molecule has 0 saturated carbocycles. The van der Waals surface area contributed by atoms with Gasteiger partial charge in [-0.1, -0.05) is 104 Å². The molecule has 10 heteroatoms. The van der Waals surface area contributed by atoms with Gasteiger partial charge in [0.2, 0.25) is 17.7 Å². The Labute approximate surface area is 415 Å². The normalized spacial score (nSPS) is 14.1. The van der Waals surface area contributed by atoms with Crippen molar-refractivity contribution in [2.24, 2.45) is 16.2 Å². The van der Waals surface area contributed by atoms with E-state index < -0.39 is 38.0 Å². The van der Waals surface area contributed by atoms with E-state index in [0.717, 1.165) is 19.3 Å². The maximum Gasteiger partial charge on any atom is 0.225 e. The van der Waals surface area contributed by atoms with Crippen LogP contribution in [0.1, 0.15) is 216 Å². The van der Waals surface area contributed by atoms with Crippen molar-refractivity contribution < 1.29 is 14.4 Å². The predicted octanol–water partition coefficient (Wildman–Crippen LogP) is 14.6. The molecule has 0 aliphatic heterocycles. The van der Waals surface area contributed by atoms with E-state index in [1.165, 1.54) is 113 Å². The summed E-state index contributed by atoms with van der Waals surface area (Å²) in [6.07, 6.45) is 25.5. The van der Waals surface area contributed by atoms with Crippen molar-refractivity contribution in [1.82, 2.24) is 20.9 Å². The van der Waals surface area contributed by atoms with Crippen LogP contribution in [0.5, 0.6) is 0 Å². The van der Waals surface area contributed by atoms with Gasteiger partial charge >= 0.3 is 0 Å². The van der Waals surface area contributed by atoms with Gasteiger partial charge in [0.1, 0.15) is 0 Å². The van der Waals surface area contributed by atoms with E-state index in [4.69, 9.17) is 0 Å². The van der Waals surface area contributed by atoms with Crippen LogP contribution < -0.4 is 16.0 Å². The molecule has 66 heavy (non-hydrogen) atoms. The molecular weight excluding hydrogens is 870 g/mol. The van der Waals surface area contributed by atoms with E-state index in [9.17, 15) is 14.4 Å². The van der Waals surface area contributed by atoms with Gasteiger partial charge in [0.15, 0.2) is 0 Å². The summed E-state index contributed by atoms with van der Waals surface area (Å²) in [6, 6.07) is 0. The van der Waals surface area contributed by atoms with Gasteiger partial charge in [0.05, 0.1) is 71.4 Å². The van der Waals surface area contributed by atoms with E-state index >= 15 is 0 Å². The van der Waals surface area contributed by atoms with Crippen LogP contribution in [0, 0.1) is 16.2 Å². The molecule has 0 spiro atoms. The molecule has 0 saturated heterocycles. The summed E-state index contributed by atoms with van der Waals surface area (Å²) in [6.45, 7) is 49.7. The molecule has 1 atom stereocenters. The molecule has 0 heterocycles. The molecule has 0 aliphatic carbocycles. The summed E-state index contributed by atoms with van der Waals surface area (Å²) in [4.78, 5) is 44.6. The average molecular weight is 989 g/mol. The van der Waals surface area contributed by atoms with Crippen LogP contribution in [0.2, 0.25) is 0 Å². The fourth-order valence-electron chi connectivity index (χ4n) is 13.1. The Morgan fingerprint density at radius 3 is 0.894 bits per heavy atom. The van der Waals surface area contributed by atoms with E-state index in [-0.39, 0.29) is 28.0 Å². The van der Waals surface area contributed by atoms with Crippen LogP contribution in [0.4, 0.5) is 0 Å². The van der Waals surface area contributed by atoms with E-state index in [0.29, 0.717) is 44.9 Å². The SMILES string of the molecule is CCC[P+](CCC)(CCC)C(C)CC(C)(C)C(=O)NCCN(CCNC(=O)C(C)(C)CC(C)(C)[P+](CCC)(CCC)CCC)CCNC(=O)C(C)(C)CC(C)(C)[P+](CCC)(CCC)CCC. The second-order valence-electron chi connectivity index (χ2n) is 24.3. The van der Waals surface area contributed by atoms with Crippen molar-refractivity contribution in [3.8, 4) is 0 Å². The van der Waals surface area contributed by atoms with Gasteiger partial charge in [0.25, 0.3) is 0 Å². The van der Waals surface area contributed by atoms with Crippen molar-refractivity contribution in [1.29, 1.82) is 0 Å². The van der Waals surface area contributed by atoms with Gasteiger partial charge < -0.3 is 16.0 Å². The first-order valence-electron chi connectivity index (χ1n) is 27.8. The first-order chi connectivity index (χ1) is 30.6. The number of carbonyl (C=O) groups is 3. The van der Waals surface area contributed by atoms with Crippen LogP contribution in [0.15, 0.2) is 0 Å². The van der Waals surface area contributed by atoms with Crippen LogP contribution >= 0.6 is 21.8 Å². The fourth-order valence-corrected chi connectivity index (χ4v) is 30.2. The highest BCUT2D eigenvalue weighted by Gasteiger charge is 2.54. The zero-order valence-corrected chi connectivity index (χ0v) is 50.9. The molecule has 3 N–H and O–H groups in total. The first kappa shape index (κ1) is 65.7. The molecule has 0 radical (unpaired) electrons.